The molecule has 0 unspecified atom stereocenters. The van der Waals surface area contributed by atoms with Gasteiger partial charge < -0.3 is 19.9 Å². The second-order valence-corrected chi connectivity index (χ2v) is 7.64. The number of aliphatic hydroxyl groups is 1. The summed E-state index contributed by atoms with van der Waals surface area (Å²) in [5, 5.41) is 15.9. The minimum Gasteiger partial charge on any atom is -0.490 e. The van der Waals surface area contributed by atoms with Crippen LogP contribution >= 0.6 is 11.3 Å². The molecule has 2 N–H and O–H groups in total. The lowest BCUT2D eigenvalue weighted by Gasteiger charge is -2.21. The Kier molecular flexibility index (Phi) is 7.48. The van der Waals surface area contributed by atoms with Crippen LogP contribution < -0.4 is 14.8 Å². The Morgan fingerprint density at radius 1 is 1.00 bits per heavy atom. The van der Waals surface area contributed by atoms with Gasteiger partial charge in [0.2, 0.25) is 0 Å². The van der Waals surface area contributed by atoms with E-state index in [2.05, 4.69) is 11.4 Å². The zero-order valence-electron chi connectivity index (χ0n) is 16.3. The third-order valence-corrected chi connectivity index (χ3v) is 5.35. The zero-order chi connectivity index (χ0) is 19.8. The van der Waals surface area contributed by atoms with Gasteiger partial charge in [-0.3, -0.25) is 0 Å². The highest BCUT2D eigenvalue weighted by Crippen LogP contribution is 2.30. The van der Waals surface area contributed by atoms with Crippen LogP contribution in [0, 0.1) is 0 Å². The van der Waals surface area contributed by atoms with Crippen molar-refractivity contribution in [2.75, 3.05) is 6.61 Å². The molecule has 0 radical (unpaired) electrons. The highest BCUT2D eigenvalue weighted by Gasteiger charge is 2.16. The third kappa shape index (κ3) is 5.58. The molecule has 0 fully saturated rings. The average molecular weight is 398 g/mol. The van der Waals surface area contributed by atoms with Crippen molar-refractivity contribution in [2.24, 2.45) is 0 Å². The van der Waals surface area contributed by atoms with Crippen molar-refractivity contribution < 1.29 is 14.6 Å². The van der Waals surface area contributed by atoms with Gasteiger partial charge in [-0.15, -0.1) is 11.3 Å². The number of nitrogens with one attached hydrogen (secondary N) is 1. The maximum Gasteiger partial charge on any atom is 0.161 e. The summed E-state index contributed by atoms with van der Waals surface area (Å²) in [5.74, 6) is 1.49. The van der Waals surface area contributed by atoms with E-state index >= 15 is 0 Å². The van der Waals surface area contributed by atoms with E-state index in [4.69, 9.17) is 9.47 Å². The van der Waals surface area contributed by atoms with Crippen LogP contribution in [0.2, 0.25) is 0 Å². The molecule has 0 saturated heterocycles. The molecule has 28 heavy (non-hydrogen) atoms. The smallest absolute Gasteiger partial charge is 0.161 e. The Labute approximate surface area is 170 Å². The number of thiophene rings is 1. The molecule has 1 aromatic heterocycles. The minimum absolute atomic E-state index is 0.0762. The number of hydrogen-bond acceptors (Lipinski definition) is 5. The molecule has 0 amide bonds. The fraction of sp³-hybridized carbons (Fsp3) is 0.304. The van der Waals surface area contributed by atoms with Crippen LogP contribution in [0.4, 0.5) is 0 Å². The van der Waals surface area contributed by atoms with Crippen molar-refractivity contribution in [3.8, 4) is 11.5 Å². The number of benzene rings is 2. The summed E-state index contributed by atoms with van der Waals surface area (Å²) in [6.07, 6.45) is -0.555. The number of aliphatic hydroxyl groups excluding tert-OH is 1. The fourth-order valence-electron chi connectivity index (χ4n) is 2.92. The topological polar surface area (TPSA) is 50.7 Å². The van der Waals surface area contributed by atoms with Gasteiger partial charge in [0, 0.05) is 17.5 Å². The lowest BCUT2D eigenvalue weighted by Crippen LogP contribution is -2.31. The molecule has 2 aromatic carbocycles. The Morgan fingerprint density at radius 3 is 2.54 bits per heavy atom. The van der Waals surface area contributed by atoms with Crippen molar-refractivity contribution in [3.05, 3.63) is 82.0 Å². The van der Waals surface area contributed by atoms with Gasteiger partial charge in [0.15, 0.2) is 11.5 Å². The highest BCUT2D eigenvalue weighted by molar-refractivity contribution is 7.09. The van der Waals surface area contributed by atoms with E-state index in [0.717, 1.165) is 22.6 Å². The molecule has 0 aliphatic rings. The molecule has 148 valence electrons. The van der Waals surface area contributed by atoms with Crippen LogP contribution in [-0.4, -0.2) is 17.8 Å². The van der Waals surface area contributed by atoms with Gasteiger partial charge in [-0.1, -0.05) is 42.5 Å². The van der Waals surface area contributed by atoms with Crippen LogP contribution in [0.3, 0.4) is 0 Å². The molecular weight excluding hydrogens is 370 g/mol. The van der Waals surface area contributed by atoms with Gasteiger partial charge in [0.05, 0.1) is 12.7 Å². The SMILES string of the molecule is CCOc1cc(CN[C@H](C)[C@H](O)c2ccccc2)ccc1OCc1cccs1. The molecule has 4 nitrogen and oxygen atoms in total. The van der Waals surface area contributed by atoms with E-state index in [1.165, 1.54) is 4.88 Å². The standard InChI is InChI=1S/C23H27NO3S/c1-3-26-22-14-18(11-12-21(22)27-16-20-10-7-13-28-20)15-24-17(2)23(25)19-8-5-4-6-9-19/h4-14,17,23-25H,3,15-16H2,1-2H3/t17-,23+/m1/s1. The summed E-state index contributed by atoms with van der Waals surface area (Å²) in [7, 11) is 0. The molecular formula is C23H27NO3S. The highest BCUT2D eigenvalue weighted by atomic mass is 32.1. The van der Waals surface area contributed by atoms with Crippen molar-refractivity contribution in [1.29, 1.82) is 0 Å². The molecule has 0 aliphatic carbocycles. The monoisotopic (exact) mass is 397 g/mol. The van der Waals surface area contributed by atoms with Crippen LogP contribution in [0.1, 0.15) is 36.0 Å². The maximum atomic E-state index is 10.5. The first-order valence-corrected chi connectivity index (χ1v) is 10.4. The number of rotatable bonds is 10. The fourth-order valence-corrected chi connectivity index (χ4v) is 3.54. The molecule has 2 atom stereocenters. The summed E-state index contributed by atoms with van der Waals surface area (Å²) < 4.78 is 11.7. The molecule has 0 saturated carbocycles. The summed E-state index contributed by atoms with van der Waals surface area (Å²) in [6.45, 7) is 5.70. The van der Waals surface area contributed by atoms with Gasteiger partial charge >= 0.3 is 0 Å². The van der Waals surface area contributed by atoms with E-state index in [-0.39, 0.29) is 6.04 Å². The molecule has 0 spiro atoms. The van der Waals surface area contributed by atoms with Gasteiger partial charge in [0.25, 0.3) is 0 Å². The molecule has 1 heterocycles. The van der Waals surface area contributed by atoms with Gasteiger partial charge in [-0.25, -0.2) is 0 Å². The summed E-state index contributed by atoms with van der Waals surface area (Å²) >= 11 is 1.68. The zero-order valence-corrected chi connectivity index (χ0v) is 17.1. The van der Waals surface area contributed by atoms with Crippen molar-refractivity contribution >= 4 is 11.3 Å². The lowest BCUT2D eigenvalue weighted by atomic mass is 10.0. The molecule has 0 aliphatic heterocycles. The molecule has 3 aromatic rings. The third-order valence-electron chi connectivity index (χ3n) is 4.50. The first-order valence-electron chi connectivity index (χ1n) is 9.54. The number of ether oxygens (including phenoxy) is 2. The second kappa shape index (κ2) is 10.3. The van der Waals surface area contributed by atoms with Gasteiger partial charge in [-0.2, -0.15) is 0 Å². The normalized spacial score (nSPS) is 13.1. The Balaban J connectivity index is 1.61. The van der Waals surface area contributed by atoms with E-state index in [0.29, 0.717) is 19.8 Å². The van der Waals surface area contributed by atoms with Gasteiger partial charge in [0.1, 0.15) is 6.61 Å². The minimum atomic E-state index is -0.555. The Bertz CT molecular complexity index is 836. The average Bonchev–Trinajstić information content (AvgIpc) is 3.25. The van der Waals surface area contributed by atoms with E-state index < -0.39 is 6.10 Å². The molecule has 0 bridgehead atoms. The van der Waals surface area contributed by atoms with Crippen LogP contribution in [-0.2, 0) is 13.2 Å². The van der Waals surface area contributed by atoms with Crippen LogP contribution in [0.15, 0.2) is 66.0 Å². The van der Waals surface area contributed by atoms with Crippen molar-refractivity contribution in [2.45, 2.75) is 39.1 Å². The van der Waals surface area contributed by atoms with Crippen molar-refractivity contribution in [3.63, 3.8) is 0 Å². The lowest BCUT2D eigenvalue weighted by molar-refractivity contribution is 0.135. The summed E-state index contributed by atoms with van der Waals surface area (Å²) in [4.78, 5) is 1.18. The molecule has 5 heteroatoms. The predicted molar refractivity (Wildman–Crippen MR) is 114 cm³/mol. The Hall–Kier alpha value is -2.34. The van der Waals surface area contributed by atoms with Crippen LogP contribution in [0.25, 0.3) is 0 Å². The quantitative estimate of drug-likeness (QED) is 0.509. The van der Waals surface area contributed by atoms with E-state index in [1.54, 1.807) is 11.3 Å². The maximum absolute atomic E-state index is 10.5. The second-order valence-electron chi connectivity index (χ2n) is 6.61. The predicted octanol–water partition coefficient (Wildman–Crippen LogP) is 4.94. The van der Waals surface area contributed by atoms with E-state index in [1.807, 2.05) is 73.8 Å². The number of hydrogen-bond donors (Lipinski definition) is 2. The van der Waals surface area contributed by atoms with E-state index in [9.17, 15) is 5.11 Å². The van der Waals surface area contributed by atoms with Crippen molar-refractivity contribution in [1.82, 2.24) is 5.32 Å². The Morgan fingerprint density at radius 2 is 1.82 bits per heavy atom. The summed E-state index contributed by atoms with van der Waals surface area (Å²) in [5.41, 5.74) is 1.99. The first kappa shape index (κ1) is 20.4. The first-order chi connectivity index (χ1) is 13.7. The summed E-state index contributed by atoms with van der Waals surface area (Å²) in [6, 6.07) is 19.7. The molecule has 3 rings (SSSR count). The van der Waals surface area contributed by atoms with Gasteiger partial charge in [-0.05, 0) is 48.6 Å². The van der Waals surface area contributed by atoms with Crippen LogP contribution in [0.5, 0.6) is 11.5 Å². The largest absolute Gasteiger partial charge is 0.490 e.